The fourth-order valence-corrected chi connectivity index (χ4v) is 4.26. The molecule has 7 nitrogen and oxygen atoms in total. The van der Waals surface area contributed by atoms with Crippen LogP contribution >= 0.6 is 12.4 Å². The van der Waals surface area contributed by atoms with Crippen molar-refractivity contribution in [3.8, 4) is 0 Å². The van der Waals surface area contributed by atoms with Gasteiger partial charge in [-0.05, 0) is 37.1 Å². The summed E-state index contributed by atoms with van der Waals surface area (Å²) in [6.07, 6.45) is 1.67. The first-order chi connectivity index (χ1) is 12.5. The van der Waals surface area contributed by atoms with Gasteiger partial charge < -0.3 is 0 Å². The lowest BCUT2D eigenvalue weighted by Crippen LogP contribution is -2.54. The SMILES string of the molecule is Cl.N=C(NC(=O)c1ccccc1)N(N1CCCC1)S(=O)(=O)c1ccccc1. The van der Waals surface area contributed by atoms with Crippen molar-refractivity contribution < 1.29 is 13.2 Å². The molecule has 0 spiro atoms. The van der Waals surface area contributed by atoms with E-state index in [2.05, 4.69) is 5.32 Å². The minimum atomic E-state index is -3.99. The molecule has 0 atom stereocenters. The quantitative estimate of drug-likeness (QED) is 0.600. The lowest BCUT2D eigenvalue weighted by atomic mass is 10.2. The number of rotatable bonds is 4. The van der Waals surface area contributed by atoms with E-state index >= 15 is 0 Å². The van der Waals surface area contributed by atoms with Crippen LogP contribution in [0.4, 0.5) is 0 Å². The van der Waals surface area contributed by atoms with Crippen molar-refractivity contribution in [1.29, 1.82) is 5.41 Å². The van der Waals surface area contributed by atoms with Gasteiger partial charge >= 0.3 is 0 Å². The largest absolute Gasteiger partial charge is 0.291 e. The van der Waals surface area contributed by atoms with E-state index in [0.29, 0.717) is 18.7 Å². The number of guanidine groups is 1. The van der Waals surface area contributed by atoms with Crippen LogP contribution in [-0.4, -0.2) is 42.8 Å². The van der Waals surface area contributed by atoms with Crippen LogP contribution in [0.25, 0.3) is 0 Å². The van der Waals surface area contributed by atoms with E-state index in [9.17, 15) is 13.2 Å². The number of sulfonamides is 1. The molecule has 0 aliphatic carbocycles. The number of hydrazine groups is 1. The molecule has 1 aliphatic heterocycles. The molecule has 2 N–H and O–H groups in total. The van der Waals surface area contributed by atoms with Gasteiger partial charge in [0.2, 0.25) is 5.96 Å². The average molecular weight is 409 g/mol. The Morgan fingerprint density at radius 2 is 1.48 bits per heavy atom. The molecule has 0 radical (unpaired) electrons. The second-order valence-corrected chi connectivity index (χ2v) is 7.66. The maximum absolute atomic E-state index is 13.1. The number of hydrogen-bond acceptors (Lipinski definition) is 5. The summed E-state index contributed by atoms with van der Waals surface area (Å²) in [6.45, 7) is 1.02. The van der Waals surface area contributed by atoms with Crippen LogP contribution in [-0.2, 0) is 10.0 Å². The summed E-state index contributed by atoms with van der Waals surface area (Å²) in [4.78, 5) is 12.4. The summed E-state index contributed by atoms with van der Waals surface area (Å²) in [5.41, 5.74) is 0.357. The van der Waals surface area contributed by atoms with Gasteiger partial charge in [-0.25, -0.2) is 5.01 Å². The molecule has 3 rings (SSSR count). The zero-order valence-corrected chi connectivity index (χ0v) is 16.2. The molecule has 0 saturated carbocycles. The minimum Gasteiger partial charge on any atom is -0.291 e. The zero-order chi connectivity index (χ0) is 18.6. The molecule has 2 aromatic rings. The number of halogens is 1. The first kappa shape index (κ1) is 20.9. The summed E-state index contributed by atoms with van der Waals surface area (Å²) < 4.78 is 27.0. The molecule has 0 aromatic heterocycles. The van der Waals surface area contributed by atoms with Gasteiger partial charge in [0.15, 0.2) is 0 Å². The van der Waals surface area contributed by atoms with Crippen molar-refractivity contribution in [3.63, 3.8) is 0 Å². The lowest BCUT2D eigenvalue weighted by Gasteiger charge is -2.32. The normalized spacial score (nSPS) is 14.2. The van der Waals surface area contributed by atoms with Gasteiger partial charge in [0, 0.05) is 18.7 Å². The van der Waals surface area contributed by atoms with Crippen LogP contribution in [0.5, 0.6) is 0 Å². The van der Waals surface area contributed by atoms with Crippen LogP contribution < -0.4 is 5.32 Å². The van der Waals surface area contributed by atoms with Crippen molar-refractivity contribution >= 4 is 34.3 Å². The highest BCUT2D eigenvalue weighted by molar-refractivity contribution is 7.89. The van der Waals surface area contributed by atoms with Crippen LogP contribution in [0.15, 0.2) is 65.6 Å². The van der Waals surface area contributed by atoms with Crippen molar-refractivity contribution in [2.45, 2.75) is 17.7 Å². The Morgan fingerprint density at radius 3 is 2.04 bits per heavy atom. The van der Waals surface area contributed by atoms with Crippen molar-refractivity contribution in [2.24, 2.45) is 0 Å². The highest BCUT2D eigenvalue weighted by atomic mass is 35.5. The van der Waals surface area contributed by atoms with Crippen molar-refractivity contribution in [1.82, 2.24) is 14.7 Å². The molecule has 1 heterocycles. The molecule has 1 fully saturated rings. The molecule has 144 valence electrons. The minimum absolute atomic E-state index is 0. The van der Waals surface area contributed by atoms with Gasteiger partial charge in [-0.2, -0.15) is 12.8 Å². The molecular formula is C18H21ClN4O3S. The third-order valence-corrected chi connectivity index (χ3v) is 5.80. The first-order valence-corrected chi connectivity index (χ1v) is 9.74. The van der Waals surface area contributed by atoms with Gasteiger partial charge in [-0.1, -0.05) is 36.4 Å². The molecule has 1 aliphatic rings. The van der Waals surface area contributed by atoms with Gasteiger partial charge in [0.1, 0.15) is 0 Å². The van der Waals surface area contributed by atoms with Crippen molar-refractivity contribution in [2.75, 3.05) is 13.1 Å². The van der Waals surface area contributed by atoms with E-state index in [1.807, 2.05) is 0 Å². The van der Waals surface area contributed by atoms with Crippen LogP contribution in [0.2, 0.25) is 0 Å². The smallest absolute Gasteiger partial charge is 0.280 e. The topological polar surface area (TPSA) is 93.6 Å². The van der Waals surface area contributed by atoms with E-state index in [1.165, 1.54) is 12.1 Å². The van der Waals surface area contributed by atoms with Gasteiger partial charge in [-0.15, -0.1) is 12.4 Å². The molecule has 2 aromatic carbocycles. The standard InChI is InChI=1S/C18H20N4O3S.ClH/c19-18(20-17(23)15-9-3-1-4-10-15)22(21-13-7-8-14-21)26(24,25)16-11-5-2-6-12-16;/h1-6,9-12H,7-8,13-14H2,(H2,19,20,23);1H. The molecule has 9 heteroatoms. The molecule has 27 heavy (non-hydrogen) atoms. The Kier molecular flexibility index (Phi) is 6.95. The summed E-state index contributed by atoms with van der Waals surface area (Å²) in [7, 11) is -3.99. The fraction of sp³-hybridized carbons (Fsp3) is 0.222. The van der Waals surface area contributed by atoms with E-state index in [-0.39, 0.29) is 17.3 Å². The van der Waals surface area contributed by atoms with E-state index in [0.717, 1.165) is 17.3 Å². The maximum Gasteiger partial charge on any atom is 0.280 e. The predicted molar refractivity (Wildman–Crippen MR) is 105 cm³/mol. The van der Waals surface area contributed by atoms with E-state index < -0.39 is 21.9 Å². The molecule has 1 amide bonds. The van der Waals surface area contributed by atoms with Gasteiger partial charge in [-0.3, -0.25) is 15.5 Å². The number of nitrogens with zero attached hydrogens (tertiary/aromatic N) is 2. The number of hydrogen-bond donors (Lipinski definition) is 2. The second kappa shape index (κ2) is 8.98. The highest BCUT2D eigenvalue weighted by Gasteiger charge is 2.34. The third kappa shape index (κ3) is 4.65. The molecule has 0 unspecified atom stereocenters. The first-order valence-electron chi connectivity index (χ1n) is 8.30. The highest BCUT2D eigenvalue weighted by Crippen LogP contribution is 2.21. The summed E-state index contributed by atoms with van der Waals surface area (Å²) in [6, 6.07) is 16.3. The third-order valence-electron chi connectivity index (χ3n) is 4.07. The Balaban J connectivity index is 0.00000261. The predicted octanol–water partition coefficient (Wildman–Crippen LogP) is 2.47. The summed E-state index contributed by atoms with van der Waals surface area (Å²) in [5.74, 6) is -1.01. The van der Waals surface area contributed by atoms with E-state index in [4.69, 9.17) is 5.41 Å². The Bertz CT molecular complexity index is 885. The summed E-state index contributed by atoms with van der Waals surface area (Å²) >= 11 is 0. The van der Waals surface area contributed by atoms with Crippen LogP contribution in [0.3, 0.4) is 0 Å². The Hall–Kier alpha value is -2.42. The lowest BCUT2D eigenvalue weighted by molar-refractivity contribution is 0.0959. The second-order valence-electron chi connectivity index (χ2n) is 5.89. The van der Waals surface area contributed by atoms with Crippen LogP contribution in [0.1, 0.15) is 23.2 Å². The molecule has 0 bridgehead atoms. The van der Waals surface area contributed by atoms with Crippen molar-refractivity contribution in [3.05, 3.63) is 66.2 Å². The number of nitrogens with one attached hydrogen (secondary N) is 2. The number of carbonyl (C=O) groups is 1. The maximum atomic E-state index is 13.1. The average Bonchev–Trinajstić information content (AvgIpc) is 3.17. The fourth-order valence-electron chi connectivity index (χ4n) is 2.81. The number of amides is 1. The summed E-state index contributed by atoms with van der Waals surface area (Å²) in [5, 5.41) is 12.2. The molecule has 1 saturated heterocycles. The van der Waals surface area contributed by atoms with Crippen LogP contribution in [0, 0.1) is 5.41 Å². The van der Waals surface area contributed by atoms with Gasteiger partial charge in [0.05, 0.1) is 4.90 Å². The van der Waals surface area contributed by atoms with Gasteiger partial charge in [0.25, 0.3) is 15.9 Å². The van der Waals surface area contributed by atoms with E-state index in [1.54, 1.807) is 53.5 Å². The molecular weight excluding hydrogens is 388 g/mol. The zero-order valence-electron chi connectivity index (χ0n) is 14.5. The Labute approximate surface area is 164 Å². The number of benzene rings is 2. The monoisotopic (exact) mass is 408 g/mol. The number of carbonyl (C=O) groups excluding carboxylic acids is 1. The Morgan fingerprint density at radius 1 is 0.963 bits per heavy atom.